The van der Waals surface area contributed by atoms with Gasteiger partial charge in [0.2, 0.25) is 5.72 Å². The molecule has 0 aliphatic heterocycles. The van der Waals surface area contributed by atoms with Gasteiger partial charge < -0.3 is 4.74 Å². The van der Waals surface area contributed by atoms with Gasteiger partial charge >= 0.3 is 0 Å². The number of nitrogens with zero attached hydrogens (tertiary/aromatic N) is 2. The normalized spacial score (nSPS) is 12.0. The van der Waals surface area contributed by atoms with E-state index in [1.54, 1.807) is 0 Å². The molecule has 0 saturated carbocycles. The molecular formula is C23H24N2O. The second kappa shape index (κ2) is 8.54. The van der Waals surface area contributed by atoms with Crippen LogP contribution in [0.2, 0.25) is 0 Å². The van der Waals surface area contributed by atoms with Crippen LogP contribution in [0.1, 0.15) is 25.0 Å². The number of ether oxygens (including phenoxy) is 1. The predicted molar refractivity (Wildman–Crippen MR) is 105 cm³/mol. The lowest BCUT2D eigenvalue weighted by atomic mass is 9.94. The topological polar surface area (TPSA) is 34.0 Å². The Hall–Kier alpha value is -2.78. The zero-order valence-corrected chi connectivity index (χ0v) is 15.2. The van der Waals surface area contributed by atoms with Crippen molar-refractivity contribution in [2.75, 3.05) is 6.61 Å². The molecule has 0 spiro atoms. The Balaban J connectivity index is 2.12. The first kappa shape index (κ1) is 18.0. The minimum Gasteiger partial charge on any atom is -0.344 e. The average Bonchev–Trinajstić information content (AvgIpc) is 2.70. The van der Waals surface area contributed by atoms with Gasteiger partial charge in [-0.3, -0.25) is 0 Å². The summed E-state index contributed by atoms with van der Waals surface area (Å²) in [4.78, 5) is 0. The molecule has 0 N–H and O–H groups in total. The maximum atomic E-state index is 6.42. The van der Waals surface area contributed by atoms with E-state index >= 15 is 0 Å². The molecule has 0 atom stereocenters. The van der Waals surface area contributed by atoms with E-state index in [2.05, 4.69) is 19.0 Å². The third-order valence-electron chi connectivity index (χ3n) is 4.02. The summed E-state index contributed by atoms with van der Waals surface area (Å²) in [6.45, 7) is 4.85. The van der Waals surface area contributed by atoms with Crippen LogP contribution in [0, 0.1) is 5.92 Å². The van der Waals surface area contributed by atoms with Crippen molar-refractivity contribution in [3.05, 3.63) is 102 Å². The average molecular weight is 344 g/mol. The molecule has 0 radical (unpaired) electrons. The maximum absolute atomic E-state index is 6.42. The monoisotopic (exact) mass is 344 g/mol. The Morgan fingerprint density at radius 3 is 1.65 bits per heavy atom. The van der Waals surface area contributed by atoms with Gasteiger partial charge in [-0.1, -0.05) is 92.7 Å². The summed E-state index contributed by atoms with van der Waals surface area (Å²) < 4.78 is 6.42. The van der Waals surface area contributed by atoms with Crippen LogP contribution in [-0.2, 0) is 10.5 Å². The summed E-state index contributed by atoms with van der Waals surface area (Å²) in [6, 6.07) is 29.9. The first-order valence-corrected chi connectivity index (χ1v) is 8.94. The summed E-state index contributed by atoms with van der Waals surface area (Å²) in [6.07, 6.45) is 0. The first-order chi connectivity index (χ1) is 12.7. The zero-order chi connectivity index (χ0) is 18.2. The van der Waals surface area contributed by atoms with Gasteiger partial charge in [0, 0.05) is 11.1 Å². The van der Waals surface area contributed by atoms with Crippen molar-refractivity contribution in [1.82, 2.24) is 0 Å². The van der Waals surface area contributed by atoms with Crippen LogP contribution >= 0.6 is 0 Å². The SMILES string of the molecule is CC(C)COC(N=Nc1ccccc1)(c1ccccc1)c1ccccc1. The van der Waals surface area contributed by atoms with Crippen LogP contribution in [0.4, 0.5) is 5.69 Å². The van der Waals surface area contributed by atoms with Crippen LogP contribution in [0.25, 0.3) is 0 Å². The van der Waals surface area contributed by atoms with Crippen molar-refractivity contribution >= 4 is 5.69 Å². The van der Waals surface area contributed by atoms with Crippen LogP contribution in [0.15, 0.2) is 101 Å². The van der Waals surface area contributed by atoms with Crippen LogP contribution in [0.3, 0.4) is 0 Å². The second-order valence-electron chi connectivity index (χ2n) is 6.62. The number of rotatable bonds is 7. The molecule has 0 unspecified atom stereocenters. The molecule has 3 aromatic carbocycles. The van der Waals surface area contributed by atoms with Gasteiger partial charge in [-0.25, -0.2) is 0 Å². The van der Waals surface area contributed by atoms with Gasteiger partial charge in [-0.2, -0.15) is 5.11 Å². The van der Waals surface area contributed by atoms with E-state index in [1.807, 2.05) is 91.0 Å². The van der Waals surface area contributed by atoms with Crippen LogP contribution in [-0.4, -0.2) is 6.61 Å². The van der Waals surface area contributed by atoms with Crippen LogP contribution < -0.4 is 0 Å². The molecule has 132 valence electrons. The number of hydrogen-bond donors (Lipinski definition) is 0. The maximum Gasteiger partial charge on any atom is 0.231 e. The summed E-state index contributed by atoms with van der Waals surface area (Å²) >= 11 is 0. The lowest BCUT2D eigenvalue weighted by Gasteiger charge is -2.30. The first-order valence-electron chi connectivity index (χ1n) is 8.94. The molecule has 0 saturated heterocycles. The molecule has 0 fully saturated rings. The zero-order valence-electron chi connectivity index (χ0n) is 15.2. The number of hydrogen-bond acceptors (Lipinski definition) is 3. The van der Waals surface area contributed by atoms with Gasteiger partial charge in [0.1, 0.15) is 0 Å². The lowest BCUT2D eigenvalue weighted by Crippen LogP contribution is -2.30. The highest BCUT2D eigenvalue weighted by atomic mass is 16.5. The van der Waals surface area contributed by atoms with E-state index in [-0.39, 0.29) is 0 Å². The molecule has 0 heterocycles. The van der Waals surface area contributed by atoms with E-state index < -0.39 is 5.72 Å². The summed E-state index contributed by atoms with van der Waals surface area (Å²) in [5, 5.41) is 9.25. The molecular weight excluding hydrogens is 320 g/mol. The summed E-state index contributed by atoms with van der Waals surface area (Å²) in [7, 11) is 0. The predicted octanol–water partition coefficient (Wildman–Crippen LogP) is 6.34. The summed E-state index contributed by atoms with van der Waals surface area (Å²) in [5.41, 5.74) is 1.76. The molecule has 0 aliphatic carbocycles. The van der Waals surface area contributed by atoms with Gasteiger partial charge in [0.05, 0.1) is 12.3 Å². The molecule has 0 amide bonds. The van der Waals surface area contributed by atoms with Crippen molar-refractivity contribution in [1.29, 1.82) is 0 Å². The van der Waals surface area contributed by atoms with Gasteiger partial charge in [0.25, 0.3) is 0 Å². The minimum absolute atomic E-state index is 0.383. The minimum atomic E-state index is -0.970. The molecule has 0 aromatic heterocycles. The molecule has 0 bridgehead atoms. The van der Waals surface area contributed by atoms with Gasteiger partial charge in [0.15, 0.2) is 0 Å². The highest BCUT2D eigenvalue weighted by molar-refractivity contribution is 5.38. The molecule has 3 nitrogen and oxygen atoms in total. The second-order valence-corrected chi connectivity index (χ2v) is 6.62. The van der Waals surface area contributed by atoms with Gasteiger partial charge in [-0.15, -0.1) is 5.11 Å². The molecule has 0 aliphatic rings. The fraction of sp³-hybridized carbons (Fsp3) is 0.217. The Morgan fingerprint density at radius 1 is 0.731 bits per heavy atom. The highest BCUT2D eigenvalue weighted by Crippen LogP contribution is 2.37. The lowest BCUT2D eigenvalue weighted by molar-refractivity contribution is -0.0302. The molecule has 3 rings (SSSR count). The van der Waals surface area contributed by atoms with E-state index in [1.165, 1.54) is 0 Å². The third kappa shape index (κ3) is 4.24. The van der Waals surface area contributed by atoms with Crippen molar-refractivity contribution in [2.24, 2.45) is 16.1 Å². The summed E-state index contributed by atoms with van der Waals surface area (Å²) in [5.74, 6) is 0.383. The third-order valence-corrected chi connectivity index (χ3v) is 4.02. The standard InChI is InChI=1S/C23H24N2O/c1-19(2)18-26-23(20-12-6-3-7-13-20,21-14-8-4-9-15-21)25-24-22-16-10-5-11-17-22/h3-17,19H,18H2,1-2H3. The highest BCUT2D eigenvalue weighted by Gasteiger charge is 2.36. The van der Waals surface area contributed by atoms with E-state index in [4.69, 9.17) is 9.85 Å². The van der Waals surface area contributed by atoms with Crippen LogP contribution in [0.5, 0.6) is 0 Å². The van der Waals surface area contributed by atoms with Crippen molar-refractivity contribution in [3.8, 4) is 0 Å². The van der Waals surface area contributed by atoms with E-state index in [9.17, 15) is 0 Å². The van der Waals surface area contributed by atoms with E-state index in [0.29, 0.717) is 12.5 Å². The fourth-order valence-electron chi connectivity index (χ4n) is 2.72. The number of benzene rings is 3. The quantitative estimate of drug-likeness (QED) is 0.460. The molecule has 3 heteroatoms. The smallest absolute Gasteiger partial charge is 0.231 e. The Bertz CT molecular complexity index is 775. The van der Waals surface area contributed by atoms with E-state index in [0.717, 1.165) is 16.8 Å². The largest absolute Gasteiger partial charge is 0.344 e. The van der Waals surface area contributed by atoms with Crippen molar-refractivity contribution < 1.29 is 4.74 Å². The Labute approximate surface area is 155 Å². The Kier molecular flexibility index (Phi) is 5.92. The molecule has 3 aromatic rings. The van der Waals surface area contributed by atoms with Crippen molar-refractivity contribution in [3.63, 3.8) is 0 Å². The van der Waals surface area contributed by atoms with Gasteiger partial charge in [-0.05, 0) is 18.1 Å². The fourth-order valence-corrected chi connectivity index (χ4v) is 2.72. The Morgan fingerprint density at radius 2 is 1.19 bits per heavy atom. The number of azo groups is 1. The van der Waals surface area contributed by atoms with Crippen molar-refractivity contribution in [2.45, 2.75) is 19.6 Å². The molecule has 26 heavy (non-hydrogen) atoms.